The van der Waals surface area contributed by atoms with Gasteiger partial charge in [0, 0.05) is 38.6 Å². The first-order chi connectivity index (χ1) is 11.4. The smallest absolute Gasteiger partial charge is 0.238 e. The highest BCUT2D eigenvalue weighted by Crippen LogP contribution is 2.28. The molecule has 0 atom stereocenters. The van der Waals surface area contributed by atoms with Crippen LogP contribution >= 0.6 is 0 Å². The number of hydrogen-bond donors (Lipinski definition) is 1. The molecule has 0 aromatic heterocycles. The summed E-state index contributed by atoms with van der Waals surface area (Å²) in [5, 5.41) is 5.10. The molecule has 2 N–H and O–H groups in total. The molecule has 3 rings (SSSR count). The quantitative estimate of drug-likeness (QED) is 0.851. The van der Waals surface area contributed by atoms with Crippen molar-refractivity contribution in [3.05, 3.63) is 29.8 Å². The van der Waals surface area contributed by atoms with Crippen molar-refractivity contribution in [1.29, 1.82) is 0 Å². The Morgan fingerprint density at radius 3 is 2.21 bits per heavy atom. The third-order valence-electron chi connectivity index (χ3n) is 5.11. The van der Waals surface area contributed by atoms with E-state index in [4.69, 9.17) is 5.14 Å². The first-order valence-corrected chi connectivity index (χ1v) is 10.1. The highest BCUT2D eigenvalue weighted by atomic mass is 32.2. The van der Waals surface area contributed by atoms with Crippen molar-refractivity contribution in [2.45, 2.75) is 30.6 Å². The highest BCUT2D eigenvalue weighted by molar-refractivity contribution is 7.89. The fourth-order valence-corrected chi connectivity index (χ4v) is 3.75. The van der Waals surface area contributed by atoms with Crippen LogP contribution in [0, 0.1) is 5.92 Å². The Labute approximate surface area is 143 Å². The Balaban J connectivity index is 1.44. The number of sulfonamides is 1. The Morgan fingerprint density at radius 2 is 1.71 bits per heavy atom. The van der Waals surface area contributed by atoms with Gasteiger partial charge >= 0.3 is 0 Å². The fourth-order valence-electron chi connectivity index (χ4n) is 3.24. The van der Waals surface area contributed by atoms with Crippen LogP contribution in [0.5, 0.6) is 0 Å². The van der Waals surface area contributed by atoms with E-state index in [1.807, 2.05) is 17.0 Å². The van der Waals surface area contributed by atoms with Crippen LogP contribution in [-0.2, 0) is 21.2 Å². The van der Waals surface area contributed by atoms with Crippen LogP contribution in [-0.4, -0.2) is 56.8 Å². The molecule has 1 aliphatic carbocycles. The summed E-state index contributed by atoms with van der Waals surface area (Å²) in [5.74, 6) is 0.633. The third-order valence-corrected chi connectivity index (χ3v) is 6.04. The number of rotatable bonds is 5. The highest BCUT2D eigenvalue weighted by Gasteiger charge is 2.30. The molecule has 0 bridgehead atoms. The van der Waals surface area contributed by atoms with Crippen molar-refractivity contribution >= 4 is 15.9 Å². The van der Waals surface area contributed by atoms with E-state index in [9.17, 15) is 13.2 Å². The predicted molar refractivity (Wildman–Crippen MR) is 91.9 cm³/mol. The molecule has 24 heavy (non-hydrogen) atoms. The van der Waals surface area contributed by atoms with Gasteiger partial charge in [0.2, 0.25) is 15.9 Å². The normalized spacial score (nSPS) is 20.0. The van der Waals surface area contributed by atoms with Crippen LogP contribution in [0.3, 0.4) is 0 Å². The molecule has 7 heteroatoms. The Morgan fingerprint density at radius 1 is 1.08 bits per heavy atom. The second kappa shape index (κ2) is 7.21. The zero-order valence-electron chi connectivity index (χ0n) is 13.9. The number of hydrogen-bond acceptors (Lipinski definition) is 4. The van der Waals surface area contributed by atoms with Crippen molar-refractivity contribution in [2.75, 3.05) is 32.7 Å². The second-order valence-electron chi connectivity index (χ2n) is 6.73. The van der Waals surface area contributed by atoms with E-state index in [0.717, 1.165) is 57.5 Å². The molecule has 1 amide bonds. The average Bonchev–Trinajstić information content (AvgIpc) is 2.51. The lowest BCUT2D eigenvalue weighted by atomic mass is 9.84. The first-order valence-electron chi connectivity index (χ1n) is 8.56. The van der Waals surface area contributed by atoms with Gasteiger partial charge in [0.05, 0.1) is 4.90 Å². The minimum absolute atomic E-state index is 0.148. The molecule has 1 aromatic rings. The van der Waals surface area contributed by atoms with Crippen molar-refractivity contribution in [1.82, 2.24) is 9.80 Å². The zero-order chi connectivity index (χ0) is 17.2. The van der Waals surface area contributed by atoms with E-state index in [-0.39, 0.29) is 10.8 Å². The number of carbonyl (C=O) groups is 1. The summed E-state index contributed by atoms with van der Waals surface area (Å²) in [4.78, 5) is 16.7. The van der Waals surface area contributed by atoms with E-state index >= 15 is 0 Å². The number of benzene rings is 1. The number of nitrogens with zero attached hydrogens (tertiary/aromatic N) is 2. The lowest BCUT2D eigenvalue weighted by Crippen LogP contribution is -2.51. The molecule has 1 saturated carbocycles. The predicted octanol–water partition coefficient (Wildman–Crippen LogP) is 0.821. The maximum Gasteiger partial charge on any atom is 0.238 e. The topological polar surface area (TPSA) is 83.7 Å². The Bertz CT molecular complexity index is 676. The van der Waals surface area contributed by atoms with E-state index < -0.39 is 10.0 Å². The van der Waals surface area contributed by atoms with E-state index in [0.29, 0.717) is 5.91 Å². The van der Waals surface area contributed by atoms with Crippen molar-refractivity contribution in [3.8, 4) is 0 Å². The monoisotopic (exact) mass is 351 g/mol. The van der Waals surface area contributed by atoms with Gasteiger partial charge in [0.1, 0.15) is 0 Å². The van der Waals surface area contributed by atoms with Gasteiger partial charge in [-0.3, -0.25) is 9.69 Å². The van der Waals surface area contributed by atoms with Crippen LogP contribution in [0.25, 0.3) is 0 Å². The SMILES string of the molecule is NS(=O)(=O)c1ccc(CCN2CCN(C(=O)C3CCC3)CC2)cc1. The van der Waals surface area contributed by atoms with Gasteiger partial charge in [-0.1, -0.05) is 18.6 Å². The Kier molecular flexibility index (Phi) is 5.22. The maximum absolute atomic E-state index is 12.2. The summed E-state index contributed by atoms with van der Waals surface area (Å²) in [5.41, 5.74) is 1.09. The van der Waals surface area contributed by atoms with Gasteiger partial charge in [-0.05, 0) is 37.0 Å². The number of piperazine rings is 1. The molecule has 0 spiro atoms. The van der Waals surface area contributed by atoms with Crippen LogP contribution < -0.4 is 5.14 Å². The van der Waals surface area contributed by atoms with Crippen molar-refractivity contribution in [3.63, 3.8) is 0 Å². The molecule has 2 aliphatic rings. The number of carbonyl (C=O) groups excluding carboxylic acids is 1. The largest absolute Gasteiger partial charge is 0.340 e. The molecule has 1 aromatic carbocycles. The molecule has 2 fully saturated rings. The summed E-state index contributed by atoms with van der Waals surface area (Å²) in [6.07, 6.45) is 4.18. The van der Waals surface area contributed by atoms with Crippen LogP contribution in [0.2, 0.25) is 0 Å². The standard InChI is InChI=1S/C17H25N3O3S/c18-24(22,23)16-6-4-14(5-7-16)8-9-19-10-12-20(13-11-19)17(21)15-2-1-3-15/h4-7,15H,1-3,8-13H2,(H2,18,22,23). The summed E-state index contributed by atoms with van der Waals surface area (Å²) < 4.78 is 22.5. The lowest BCUT2D eigenvalue weighted by molar-refractivity contribution is -0.139. The van der Waals surface area contributed by atoms with Crippen LogP contribution in [0.15, 0.2) is 29.2 Å². The summed E-state index contributed by atoms with van der Waals surface area (Å²) in [6.45, 7) is 4.38. The van der Waals surface area contributed by atoms with Gasteiger partial charge < -0.3 is 4.90 Å². The van der Waals surface area contributed by atoms with E-state index in [2.05, 4.69) is 4.90 Å². The molecule has 1 saturated heterocycles. The lowest BCUT2D eigenvalue weighted by Gasteiger charge is -2.38. The first kappa shape index (κ1) is 17.4. The van der Waals surface area contributed by atoms with E-state index in [1.54, 1.807) is 12.1 Å². The molecule has 0 radical (unpaired) electrons. The van der Waals surface area contributed by atoms with Crippen LogP contribution in [0.1, 0.15) is 24.8 Å². The number of nitrogens with two attached hydrogens (primary N) is 1. The number of primary sulfonamides is 1. The van der Waals surface area contributed by atoms with Gasteiger partial charge in [0.15, 0.2) is 0 Å². The minimum Gasteiger partial charge on any atom is -0.340 e. The summed E-state index contributed by atoms with van der Waals surface area (Å²) in [6, 6.07) is 6.74. The molecular formula is C17H25N3O3S. The Hall–Kier alpha value is -1.44. The van der Waals surface area contributed by atoms with E-state index in [1.165, 1.54) is 6.42 Å². The molecule has 6 nitrogen and oxygen atoms in total. The minimum atomic E-state index is -3.62. The second-order valence-corrected chi connectivity index (χ2v) is 8.30. The van der Waals surface area contributed by atoms with Crippen molar-refractivity contribution in [2.24, 2.45) is 11.1 Å². The summed E-state index contributed by atoms with van der Waals surface area (Å²) >= 11 is 0. The molecule has 1 aliphatic heterocycles. The van der Waals surface area contributed by atoms with Gasteiger partial charge in [-0.25, -0.2) is 13.6 Å². The van der Waals surface area contributed by atoms with Gasteiger partial charge in [-0.15, -0.1) is 0 Å². The van der Waals surface area contributed by atoms with Gasteiger partial charge in [-0.2, -0.15) is 0 Å². The third kappa shape index (κ3) is 4.15. The fraction of sp³-hybridized carbons (Fsp3) is 0.588. The molecular weight excluding hydrogens is 326 g/mol. The average molecular weight is 351 g/mol. The zero-order valence-corrected chi connectivity index (χ0v) is 14.7. The molecule has 132 valence electrons. The van der Waals surface area contributed by atoms with Crippen LogP contribution in [0.4, 0.5) is 0 Å². The summed E-state index contributed by atoms with van der Waals surface area (Å²) in [7, 11) is -3.62. The molecule has 1 heterocycles. The molecule has 0 unspecified atom stereocenters. The van der Waals surface area contributed by atoms with Gasteiger partial charge in [0.25, 0.3) is 0 Å². The number of amides is 1. The van der Waals surface area contributed by atoms with Crippen molar-refractivity contribution < 1.29 is 13.2 Å². The maximum atomic E-state index is 12.2.